The number of ether oxygens (including phenoxy) is 1. The molecule has 24 heavy (non-hydrogen) atoms. The van der Waals surface area contributed by atoms with Crippen LogP contribution in [-0.2, 0) is 20.7 Å². The summed E-state index contributed by atoms with van der Waals surface area (Å²) >= 11 is 2.91. The van der Waals surface area contributed by atoms with Gasteiger partial charge in [-0.1, -0.05) is 31.5 Å². The van der Waals surface area contributed by atoms with Crippen LogP contribution < -0.4 is 5.32 Å². The Bertz CT molecular complexity index is 562. The molecule has 0 spiro atoms. The molecule has 0 unspecified atom stereocenters. The highest BCUT2D eigenvalue weighted by Crippen LogP contribution is 2.28. The summed E-state index contributed by atoms with van der Waals surface area (Å²) in [6.45, 7) is 6.28. The molecule has 1 amide bonds. The third kappa shape index (κ3) is 5.77. The monoisotopic (exact) mass is 370 g/mol. The van der Waals surface area contributed by atoms with E-state index in [1.54, 1.807) is 6.92 Å². The minimum Gasteiger partial charge on any atom is -0.466 e. The fourth-order valence-electron chi connectivity index (χ4n) is 2.82. The fourth-order valence-corrected chi connectivity index (χ4v) is 4.81. The molecular weight excluding hydrogens is 344 g/mol. The van der Waals surface area contributed by atoms with Crippen LogP contribution in [0.3, 0.4) is 0 Å². The van der Waals surface area contributed by atoms with Crippen LogP contribution in [0.1, 0.15) is 52.1 Å². The summed E-state index contributed by atoms with van der Waals surface area (Å²) in [5, 5.41) is 4.85. The standard InChI is InChI=1S/C17H26N2O3S2/c1-4-22-15(20)9-13-10-23-17(18-13)24-12(3)16(21)19-14-8-6-5-7-11(14)2/h10-12,14H,4-9H2,1-3H3,(H,19,21)/t11-,12-,14-/m1/s1. The Hall–Kier alpha value is -1.08. The Morgan fingerprint density at radius 3 is 2.92 bits per heavy atom. The van der Waals surface area contributed by atoms with Gasteiger partial charge in [-0.05, 0) is 32.6 Å². The van der Waals surface area contributed by atoms with E-state index in [4.69, 9.17) is 4.74 Å². The molecule has 3 atom stereocenters. The summed E-state index contributed by atoms with van der Waals surface area (Å²) in [5.41, 5.74) is 0.703. The van der Waals surface area contributed by atoms with E-state index >= 15 is 0 Å². The van der Waals surface area contributed by atoms with E-state index in [2.05, 4.69) is 17.2 Å². The lowest BCUT2D eigenvalue weighted by Crippen LogP contribution is -2.44. The number of nitrogens with zero attached hydrogens (tertiary/aromatic N) is 1. The highest BCUT2D eigenvalue weighted by molar-refractivity contribution is 8.02. The van der Waals surface area contributed by atoms with Crippen molar-refractivity contribution in [1.29, 1.82) is 0 Å². The summed E-state index contributed by atoms with van der Waals surface area (Å²) in [6, 6.07) is 0.296. The van der Waals surface area contributed by atoms with Crippen molar-refractivity contribution in [2.24, 2.45) is 5.92 Å². The van der Waals surface area contributed by atoms with E-state index in [9.17, 15) is 9.59 Å². The van der Waals surface area contributed by atoms with Crippen molar-refractivity contribution >= 4 is 35.0 Å². The SMILES string of the molecule is CCOC(=O)Cc1csc(S[C@H](C)C(=O)N[C@@H]2CCCC[C@H]2C)n1. The van der Waals surface area contributed by atoms with E-state index in [-0.39, 0.29) is 23.5 Å². The molecule has 134 valence electrons. The predicted octanol–water partition coefficient (Wildman–Crippen LogP) is 3.42. The summed E-state index contributed by atoms with van der Waals surface area (Å²) in [4.78, 5) is 28.3. The zero-order valence-corrected chi connectivity index (χ0v) is 16.2. The zero-order chi connectivity index (χ0) is 17.5. The Balaban J connectivity index is 1.82. The van der Waals surface area contributed by atoms with Crippen LogP contribution in [0.4, 0.5) is 0 Å². The second-order valence-electron chi connectivity index (χ2n) is 6.22. The molecule has 1 aromatic rings. The predicted molar refractivity (Wildman–Crippen MR) is 97.3 cm³/mol. The van der Waals surface area contributed by atoms with Gasteiger partial charge in [0.05, 0.1) is 24.0 Å². The van der Waals surface area contributed by atoms with Crippen LogP contribution >= 0.6 is 23.1 Å². The second kappa shape index (κ2) is 9.42. The number of amides is 1. The van der Waals surface area contributed by atoms with Crippen molar-refractivity contribution in [3.05, 3.63) is 11.1 Å². The quantitative estimate of drug-likeness (QED) is 0.588. The maximum atomic E-state index is 12.4. The summed E-state index contributed by atoms with van der Waals surface area (Å²) < 4.78 is 5.74. The van der Waals surface area contributed by atoms with E-state index in [1.807, 2.05) is 12.3 Å². The molecule has 0 radical (unpaired) electrons. The van der Waals surface area contributed by atoms with Gasteiger partial charge in [-0.2, -0.15) is 0 Å². The Labute approximate surface area is 152 Å². The second-order valence-corrected chi connectivity index (χ2v) is 8.67. The normalized spacial score (nSPS) is 22.0. The number of aromatic nitrogens is 1. The average Bonchev–Trinajstić information content (AvgIpc) is 2.96. The summed E-state index contributed by atoms with van der Waals surface area (Å²) in [6.07, 6.45) is 4.91. The number of thioether (sulfide) groups is 1. The van der Waals surface area contributed by atoms with Crippen LogP contribution in [0.15, 0.2) is 9.72 Å². The smallest absolute Gasteiger partial charge is 0.311 e. The van der Waals surface area contributed by atoms with Crippen LogP contribution in [0.2, 0.25) is 0 Å². The van der Waals surface area contributed by atoms with Crippen molar-refractivity contribution < 1.29 is 14.3 Å². The van der Waals surface area contributed by atoms with E-state index < -0.39 is 0 Å². The fraction of sp³-hybridized carbons (Fsp3) is 0.706. The molecule has 1 N–H and O–H groups in total. The molecule has 1 aliphatic carbocycles. The molecule has 0 bridgehead atoms. The molecule has 7 heteroatoms. The molecule has 1 fully saturated rings. The first kappa shape index (κ1) is 19.2. The topological polar surface area (TPSA) is 68.3 Å². The van der Waals surface area contributed by atoms with Gasteiger partial charge < -0.3 is 10.1 Å². The first-order valence-electron chi connectivity index (χ1n) is 8.56. The number of hydrogen-bond donors (Lipinski definition) is 1. The number of hydrogen-bond acceptors (Lipinski definition) is 6. The van der Waals surface area contributed by atoms with Crippen LogP contribution in [0.25, 0.3) is 0 Å². The van der Waals surface area contributed by atoms with Gasteiger partial charge in [-0.25, -0.2) is 4.98 Å². The number of carbonyl (C=O) groups is 2. The minimum absolute atomic E-state index is 0.0703. The first-order chi connectivity index (χ1) is 11.5. The van der Waals surface area contributed by atoms with Gasteiger partial charge in [0.2, 0.25) is 5.91 Å². The van der Waals surface area contributed by atoms with Crippen LogP contribution in [0.5, 0.6) is 0 Å². The molecule has 1 aliphatic rings. The van der Waals surface area contributed by atoms with Gasteiger partial charge in [0, 0.05) is 11.4 Å². The maximum Gasteiger partial charge on any atom is 0.311 e. The summed E-state index contributed by atoms with van der Waals surface area (Å²) in [7, 11) is 0. The molecule has 0 aliphatic heterocycles. The molecule has 0 saturated heterocycles. The molecule has 0 aromatic carbocycles. The van der Waals surface area contributed by atoms with Crippen molar-refractivity contribution in [2.75, 3.05) is 6.61 Å². The molecular formula is C17H26N2O3S2. The van der Waals surface area contributed by atoms with Crippen LogP contribution in [-0.4, -0.2) is 34.8 Å². The Morgan fingerprint density at radius 2 is 2.21 bits per heavy atom. The van der Waals surface area contributed by atoms with Crippen molar-refractivity contribution in [2.45, 2.75) is 68.5 Å². The summed E-state index contributed by atoms with van der Waals surface area (Å²) in [5.74, 6) is 0.355. The minimum atomic E-state index is -0.267. The number of nitrogens with one attached hydrogen (secondary N) is 1. The van der Waals surface area contributed by atoms with E-state index in [0.29, 0.717) is 24.3 Å². The molecule has 1 saturated carbocycles. The van der Waals surface area contributed by atoms with Crippen molar-refractivity contribution in [3.63, 3.8) is 0 Å². The first-order valence-corrected chi connectivity index (χ1v) is 10.3. The van der Waals surface area contributed by atoms with Gasteiger partial charge in [0.25, 0.3) is 0 Å². The van der Waals surface area contributed by atoms with Crippen molar-refractivity contribution in [1.82, 2.24) is 10.3 Å². The van der Waals surface area contributed by atoms with Gasteiger partial charge in [-0.15, -0.1) is 11.3 Å². The third-order valence-corrected chi connectivity index (χ3v) is 6.37. The lowest BCUT2D eigenvalue weighted by atomic mass is 9.86. The number of rotatable bonds is 7. The van der Waals surface area contributed by atoms with Crippen molar-refractivity contribution in [3.8, 4) is 0 Å². The largest absolute Gasteiger partial charge is 0.466 e. The van der Waals surface area contributed by atoms with Gasteiger partial charge >= 0.3 is 5.97 Å². The van der Waals surface area contributed by atoms with Gasteiger partial charge in [-0.3, -0.25) is 9.59 Å². The average molecular weight is 371 g/mol. The molecule has 1 aromatic heterocycles. The molecule has 1 heterocycles. The molecule has 2 rings (SSSR count). The van der Waals surface area contributed by atoms with Gasteiger partial charge in [0.15, 0.2) is 4.34 Å². The zero-order valence-electron chi connectivity index (χ0n) is 14.5. The number of thiazole rings is 1. The van der Waals surface area contributed by atoms with Crippen LogP contribution in [0, 0.1) is 5.92 Å². The molecule has 5 nitrogen and oxygen atoms in total. The highest BCUT2D eigenvalue weighted by atomic mass is 32.2. The van der Waals surface area contributed by atoms with E-state index in [1.165, 1.54) is 42.4 Å². The Kier molecular flexibility index (Phi) is 7.55. The highest BCUT2D eigenvalue weighted by Gasteiger charge is 2.25. The lowest BCUT2D eigenvalue weighted by Gasteiger charge is -2.30. The van der Waals surface area contributed by atoms with E-state index in [0.717, 1.165) is 10.8 Å². The third-order valence-electron chi connectivity index (χ3n) is 4.25. The number of carbonyl (C=O) groups excluding carboxylic acids is 2. The maximum absolute atomic E-state index is 12.4. The lowest BCUT2D eigenvalue weighted by molar-refractivity contribution is -0.142. The van der Waals surface area contributed by atoms with Gasteiger partial charge in [0.1, 0.15) is 0 Å². The number of esters is 1. The Morgan fingerprint density at radius 1 is 1.46 bits per heavy atom.